The van der Waals surface area contributed by atoms with E-state index in [2.05, 4.69) is 6.58 Å². The van der Waals surface area contributed by atoms with E-state index in [4.69, 9.17) is 14.8 Å². The van der Waals surface area contributed by atoms with Crippen molar-refractivity contribution in [3.05, 3.63) is 12.7 Å². The number of carboxylic acids is 1. The van der Waals surface area contributed by atoms with Crippen molar-refractivity contribution in [1.29, 1.82) is 0 Å². The third-order valence-electron chi connectivity index (χ3n) is 2.05. The number of carbonyl (C=O) groups is 1. The molecule has 4 heteroatoms. The van der Waals surface area contributed by atoms with Gasteiger partial charge in [-0.25, -0.2) is 0 Å². The molecular formula is C11H20ClO2Zn. The molecule has 0 bridgehead atoms. The van der Waals surface area contributed by atoms with Gasteiger partial charge in [-0.05, 0) is 19.3 Å². The summed E-state index contributed by atoms with van der Waals surface area (Å²) in [5, 5.41) is 8.38. The van der Waals surface area contributed by atoms with E-state index in [1.165, 1.54) is 25.7 Å². The number of unbranched alkanes of at least 4 members (excludes halogenated alkanes) is 6. The van der Waals surface area contributed by atoms with Gasteiger partial charge in [-0.3, -0.25) is 4.79 Å². The number of hydrogen-bond acceptors (Lipinski definition) is 1. The molecule has 0 atom stereocenters. The minimum atomic E-state index is -0.674. The number of rotatable bonds is 9. The topological polar surface area (TPSA) is 37.3 Å². The average molecular weight is 285 g/mol. The fourth-order valence-electron chi connectivity index (χ4n) is 1.27. The van der Waals surface area contributed by atoms with Gasteiger partial charge in [0.05, 0.1) is 0 Å². The molecule has 0 heterocycles. The first-order valence-electron chi connectivity index (χ1n) is 5.37. The molecule has 0 aromatic heterocycles. The summed E-state index contributed by atoms with van der Waals surface area (Å²) in [7, 11) is 4.76. The first kappa shape index (κ1) is 17.5. The molecule has 0 unspecified atom stereocenters. The molecule has 0 aromatic carbocycles. The zero-order valence-electron chi connectivity index (χ0n) is 9.38. The van der Waals surface area contributed by atoms with Crippen LogP contribution in [0.2, 0.25) is 0 Å². The van der Waals surface area contributed by atoms with Crippen molar-refractivity contribution in [2.24, 2.45) is 0 Å². The van der Waals surface area contributed by atoms with E-state index < -0.39 is 5.97 Å². The van der Waals surface area contributed by atoms with Gasteiger partial charge < -0.3 is 5.11 Å². The van der Waals surface area contributed by atoms with Crippen molar-refractivity contribution in [3.8, 4) is 0 Å². The molecule has 0 amide bonds. The van der Waals surface area contributed by atoms with Crippen molar-refractivity contribution in [2.75, 3.05) is 0 Å². The Balaban J connectivity index is 0. The second-order valence-corrected chi connectivity index (χ2v) is 3.34. The van der Waals surface area contributed by atoms with Gasteiger partial charge in [-0.15, -0.1) is 6.58 Å². The van der Waals surface area contributed by atoms with Gasteiger partial charge in [0.25, 0.3) is 0 Å². The molecule has 0 saturated heterocycles. The molecule has 0 radical (unpaired) electrons. The van der Waals surface area contributed by atoms with Crippen LogP contribution in [0.1, 0.15) is 51.4 Å². The Labute approximate surface area is 107 Å². The Hall–Kier alpha value is 0.123. The summed E-state index contributed by atoms with van der Waals surface area (Å²) in [6.45, 7) is 3.66. The summed E-state index contributed by atoms with van der Waals surface area (Å²) in [4.78, 5) is 10.2. The Kier molecular flexibility index (Phi) is 19.3. The molecule has 0 aliphatic rings. The van der Waals surface area contributed by atoms with Gasteiger partial charge in [-0.1, -0.05) is 31.8 Å². The van der Waals surface area contributed by atoms with Gasteiger partial charge in [0.2, 0.25) is 0 Å². The van der Waals surface area contributed by atoms with Crippen LogP contribution < -0.4 is 0 Å². The monoisotopic (exact) mass is 283 g/mol. The van der Waals surface area contributed by atoms with Crippen LogP contribution in [0.5, 0.6) is 0 Å². The van der Waals surface area contributed by atoms with Crippen LogP contribution in [0.3, 0.4) is 0 Å². The fraction of sp³-hybridized carbons (Fsp3) is 0.727. The number of carboxylic acid groups (broad SMARTS) is 1. The zero-order valence-corrected chi connectivity index (χ0v) is 13.1. The second kappa shape index (κ2) is 16.5. The molecule has 0 spiro atoms. The van der Waals surface area contributed by atoms with Crippen LogP contribution >= 0.6 is 9.69 Å². The molecule has 0 aromatic rings. The first-order valence-corrected chi connectivity index (χ1v) is 9.26. The van der Waals surface area contributed by atoms with Crippen LogP contribution in [-0.2, 0) is 22.1 Å². The van der Waals surface area contributed by atoms with E-state index in [-0.39, 0.29) is 0 Å². The molecule has 1 N–H and O–H groups in total. The fourth-order valence-corrected chi connectivity index (χ4v) is 1.27. The van der Waals surface area contributed by atoms with Crippen LogP contribution in [0.15, 0.2) is 12.7 Å². The average Bonchev–Trinajstić information content (AvgIpc) is 2.24. The quantitative estimate of drug-likeness (QED) is 0.394. The predicted octanol–water partition coefficient (Wildman–Crippen LogP) is 4.06. The van der Waals surface area contributed by atoms with E-state index in [1.54, 1.807) is 0 Å². The summed E-state index contributed by atoms with van der Waals surface area (Å²) in [5.74, 6) is -0.674. The van der Waals surface area contributed by atoms with Crippen molar-refractivity contribution >= 4 is 15.7 Å². The Morgan fingerprint density at radius 1 is 1.13 bits per heavy atom. The summed E-state index contributed by atoms with van der Waals surface area (Å²) in [5.41, 5.74) is 0. The number of halogens is 1. The molecule has 0 rings (SSSR count). The van der Waals surface area contributed by atoms with Crippen LogP contribution in [-0.4, -0.2) is 11.1 Å². The number of aliphatic carboxylic acids is 1. The van der Waals surface area contributed by atoms with E-state index in [1.807, 2.05) is 6.08 Å². The molecule has 85 valence electrons. The molecular weight excluding hydrogens is 265 g/mol. The van der Waals surface area contributed by atoms with Crippen molar-refractivity contribution < 1.29 is 27.2 Å². The van der Waals surface area contributed by atoms with E-state index in [0.29, 0.717) is 6.42 Å². The predicted molar refractivity (Wildman–Crippen MR) is 60.6 cm³/mol. The molecule has 0 saturated carbocycles. The van der Waals surface area contributed by atoms with Crippen molar-refractivity contribution in [3.63, 3.8) is 0 Å². The molecule has 0 aliphatic heterocycles. The van der Waals surface area contributed by atoms with Gasteiger partial charge in [0.1, 0.15) is 0 Å². The maximum absolute atomic E-state index is 10.2. The van der Waals surface area contributed by atoms with Crippen molar-refractivity contribution in [1.82, 2.24) is 0 Å². The summed E-state index contributed by atoms with van der Waals surface area (Å²) in [6.07, 6.45) is 10.1. The summed E-state index contributed by atoms with van der Waals surface area (Å²) >= 11 is 0.847. The van der Waals surface area contributed by atoms with Gasteiger partial charge in [0, 0.05) is 6.42 Å². The van der Waals surface area contributed by atoms with Gasteiger partial charge in [0.15, 0.2) is 0 Å². The number of hydrogen-bond donors (Lipinski definition) is 1. The third kappa shape index (κ3) is 20.3. The summed E-state index contributed by atoms with van der Waals surface area (Å²) in [6, 6.07) is 0. The van der Waals surface area contributed by atoms with Crippen LogP contribution in [0.4, 0.5) is 0 Å². The zero-order chi connectivity index (χ0) is 11.9. The molecule has 0 fully saturated rings. The maximum atomic E-state index is 10.2. The van der Waals surface area contributed by atoms with E-state index in [9.17, 15) is 4.79 Å². The normalized spacial score (nSPS) is 9.00. The van der Waals surface area contributed by atoms with Gasteiger partial charge in [-0.2, -0.15) is 0 Å². The standard InChI is InChI=1S/C11H20O2.ClH.Zn/c1-2-3-4-5-6-7-8-9-10-11(12)13;;/h2H,1,3-10H2,(H,12,13);1H;/q;;+1/p-1. The van der Waals surface area contributed by atoms with E-state index >= 15 is 0 Å². The SMILES string of the molecule is C=CCCCCCCCCC(=O)O.[Cl][Zn]. The third-order valence-corrected chi connectivity index (χ3v) is 2.05. The first-order chi connectivity index (χ1) is 7.27. The van der Waals surface area contributed by atoms with Crippen molar-refractivity contribution in [2.45, 2.75) is 51.4 Å². The van der Waals surface area contributed by atoms with E-state index in [0.717, 1.165) is 36.6 Å². The summed E-state index contributed by atoms with van der Waals surface area (Å²) < 4.78 is 0. The van der Waals surface area contributed by atoms with Crippen LogP contribution in [0.25, 0.3) is 0 Å². The second-order valence-electron chi connectivity index (χ2n) is 3.34. The Morgan fingerprint density at radius 2 is 1.60 bits per heavy atom. The molecule has 2 nitrogen and oxygen atoms in total. The van der Waals surface area contributed by atoms with Crippen LogP contribution in [0, 0.1) is 0 Å². The Bertz CT molecular complexity index is 152. The molecule has 15 heavy (non-hydrogen) atoms. The minimum absolute atomic E-state index is 0.326. The number of allylic oxidation sites excluding steroid dienone is 1. The Morgan fingerprint density at radius 3 is 2.07 bits per heavy atom. The van der Waals surface area contributed by atoms with Gasteiger partial charge >= 0.3 is 33.0 Å². The molecule has 0 aliphatic carbocycles.